The van der Waals surface area contributed by atoms with Crippen LogP contribution >= 0.6 is 0 Å². The molecule has 0 radical (unpaired) electrons. The number of nitrogens with zero attached hydrogens (tertiary/aromatic N) is 2. The lowest BCUT2D eigenvalue weighted by molar-refractivity contribution is -0.134. The van der Waals surface area contributed by atoms with Crippen molar-refractivity contribution in [3.05, 3.63) is 18.2 Å². The van der Waals surface area contributed by atoms with Gasteiger partial charge in [0.25, 0.3) is 10.0 Å². The summed E-state index contributed by atoms with van der Waals surface area (Å²) in [6, 6.07) is 4.39. The second kappa shape index (κ2) is 4.52. The number of aromatic amines is 1. The number of fused-ring (bicyclic) bond motifs is 1. The Kier molecular flexibility index (Phi) is 2.81. The predicted octanol–water partition coefficient (Wildman–Crippen LogP) is 1.34. The molecule has 0 atom stereocenters. The van der Waals surface area contributed by atoms with Gasteiger partial charge < -0.3 is 0 Å². The summed E-state index contributed by atoms with van der Waals surface area (Å²) in [5.74, 6) is -0.566. The summed E-state index contributed by atoms with van der Waals surface area (Å²) in [7, 11) is -3.86. The number of nitrogens with one attached hydrogen (secondary N) is 2. The molecule has 2 aromatic rings. The zero-order valence-corrected chi connectivity index (χ0v) is 12.7. The molecule has 2 saturated carbocycles. The molecule has 116 valence electrons. The van der Waals surface area contributed by atoms with Crippen molar-refractivity contribution in [3.8, 4) is 0 Å². The average molecular weight is 320 g/mol. The molecule has 1 heterocycles. The molecule has 0 bridgehead atoms. The van der Waals surface area contributed by atoms with Crippen molar-refractivity contribution in [1.29, 1.82) is 0 Å². The fourth-order valence-corrected chi connectivity index (χ4v) is 4.58. The van der Waals surface area contributed by atoms with Crippen LogP contribution in [-0.4, -0.2) is 29.7 Å². The van der Waals surface area contributed by atoms with Crippen LogP contribution in [0.1, 0.15) is 32.1 Å². The van der Waals surface area contributed by atoms with Gasteiger partial charge in [-0.1, -0.05) is 6.42 Å². The molecule has 1 spiro atoms. The van der Waals surface area contributed by atoms with Gasteiger partial charge in [-0.15, -0.1) is 0 Å². The Bertz CT molecular complexity index is 846. The molecular weight excluding hydrogens is 304 g/mol. The van der Waals surface area contributed by atoms with Crippen LogP contribution in [-0.2, 0) is 14.8 Å². The summed E-state index contributed by atoms with van der Waals surface area (Å²) >= 11 is 0. The van der Waals surface area contributed by atoms with Gasteiger partial charge in [0.2, 0.25) is 5.91 Å². The maximum atomic E-state index is 12.3. The largest absolute Gasteiger partial charge is 0.274 e. The highest BCUT2D eigenvalue weighted by molar-refractivity contribution is 7.90. The minimum Gasteiger partial charge on any atom is -0.274 e. The number of aromatic nitrogens is 3. The molecule has 2 N–H and O–H groups in total. The van der Waals surface area contributed by atoms with Crippen molar-refractivity contribution in [2.45, 2.75) is 37.0 Å². The Labute approximate surface area is 127 Å². The Morgan fingerprint density at radius 3 is 2.64 bits per heavy atom. The van der Waals surface area contributed by atoms with Crippen LogP contribution in [0.5, 0.6) is 0 Å². The maximum Gasteiger partial charge on any atom is 0.264 e. The third-order valence-electron chi connectivity index (χ3n) is 4.98. The number of benzene rings is 1. The lowest BCUT2D eigenvalue weighted by Crippen LogP contribution is -2.49. The van der Waals surface area contributed by atoms with E-state index >= 15 is 0 Å². The molecule has 4 rings (SSSR count). The van der Waals surface area contributed by atoms with E-state index in [-0.39, 0.29) is 10.8 Å². The fourth-order valence-electron chi connectivity index (χ4n) is 3.52. The number of rotatable bonds is 3. The number of carbonyl (C=O) groups is 1. The van der Waals surface area contributed by atoms with Gasteiger partial charge in [-0.2, -0.15) is 15.4 Å². The van der Waals surface area contributed by atoms with Crippen LogP contribution < -0.4 is 4.72 Å². The van der Waals surface area contributed by atoms with E-state index in [1.807, 2.05) is 0 Å². The molecule has 1 amide bonds. The second-order valence-electron chi connectivity index (χ2n) is 6.40. The normalized spacial score (nSPS) is 20.5. The number of amides is 1. The van der Waals surface area contributed by atoms with Crippen molar-refractivity contribution >= 4 is 27.0 Å². The summed E-state index contributed by atoms with van der Waals surface area (Å²) in [6.45, 7) is 0. The predicted molar refractivity (Wildman–Crippen MR) is 78.2 cm³/mol. The average Bonchev–Trinajstić information content (AvgIpc) is 2.81. The first-order valence-electron chi connectivity index (χ1n) is 7.35. The van der Waals surface area contributed by atoms with E-state index in [4.69, 9.17) is 0 Å². The molecule has 8 heteroatoms. The number of carbonyl (C=O) groups excluding carboxylic acids is 1. The summed E-state index contributed by atoms with van der Waals surface area (Å²) in [5.41, 5.74) is 1.37. The zero-order chi connectivity index (χ0) is 15.4. The van der Waals surface area contributed by atoms with E-state index in [2.05, 4.69) is 20.1 Å². The Morgan fingerprint density at radius 2 is 1.95 bits per heavy atom. The standard InChI is InChI=1S/C14H16N4O3S/c19-13(9-7-14(8-9)4-1-5-14)17-22(20,21)10-2-3-11-12(6-10)16-18-15-11/h2-3,6,9H,1,4-5,7-8H2,(H,17,19)(H,15,16,18). The SMILES string of the molecule is O=C(NS(=O)(=O)c1ccc2n[nH]nc2c1)C1CC2(CCC2)C1. The number of hydrogen-bond acceptors (Lipinski definition) is 5. The molecule has 7 nitrogen and oxygen atoms in total. The number of sulfonamides is 1. The summed E-state index contributed by atoms with van der Waals surface area (Å²) in [4.78, 5) is 12.2. The lowest BCUT2D eigenvalue weighted by atomic mass is 9.52. The van der Waals surface area contributed by atoms with Crippen LogP contribution in [0, 0.1) is 11.3 Å². The second-order valence-corrected chi connectivity index (χ2v) is 8.09. The Balaban J connectivity index is 1.49. The molecular formula is C14H16N4O3S. The van der Waals surface area contributed by atoms with Gasteiger partial charge in [-0.3, -0.25) is 4.79 Å². The fraction of sp³-hybridized carbons (Fsp3) is 0.500. The molecule has 2 aliphatic carbocycles. The van der Waals surface area contributed by atoms with Crippen molar-refractivity contribution in [3.63, 3.8) is 0 Å². The minimum absolute atomic E-state index is 0.0277. The van der Waals surface area contributed by atoms with Gasteiger partial charge in [-0.05, 0) is 49.3 Å². The lowest BCUT2D eigenvalue weighted by Gasteiger charge is -2.53. The maximum absolute atomic E-state index is 12.3. The van der Waals surface area contributed by atoms with Crippen LogP contribution in [0.4, 0.5) is 0 Å². The van der Waals surface area contributed by atoms with Gasteiger partial charge in [0.15, 0.2) is 0 Å². The molecule has 2 fully saturated rings. The van der Waals surface area contributed by atoms with Crippen LogP contribution in [0.25, 0.3) is 11.0 Å². The molecule has 2 aliphatic rings. The van der Waals surface area contributed by atoms with Crippen molar-refractivity contribution in [1.82, 2.24) is 20.1 Å². The molecule has 1 aromatic carbocycles. The van der Waals surface area contributed by atoms with E-state index in [1.54, 1.807) is 6.07 Å². The summed E-state index contributed by atoms with van der Waals surface area (Å²) in [6.07, 6.45) is 5.20. The van der Waals surface area contributed by atoms with E-state index in [9.17, 15) is 13.2 Å². The van der Waals surface area contributed by atoms with Crippen molar-refractivity contribution in [2.75, 3.05) is 0 Å². The minimum atomic E-state index is -3.86. The number of H-pyrrole nitrogens is 1. The number of hydrogen-bond donors (Lipinski definition) is 2. The van der Waals surface area contributed by atoms with Gasteiger partial charge in [0.1, 0.15) is 11.0 Å². The molecule has 0 unspecified atom stereocenters. The van der Waals surface area contributed by atoms with Gasteiger partial charge in [-0.25, -0.2) is 13.1 Å². The Hall–Kier alpha value is -1.96. The highest BCUT2D eigenvalue weighted by Crippen LogP contribution is 2.58. The van der Waals surface area contributed by atoms with Gasteiger partial charge >= 0.3 is 0 Å². The smallest absolute Gasteiger partial charge is 0.264 e. The Morgan fingerprint density at radius 1 is 1.23 bits per heavy atom. The zero-order valence-electron chi connectivity index (χ0n) is 11.9. The van der Waals surface area contributed by atoms with Crippen LogP contribution in [0.3, 0.4) is 0 Å². The van der Waals surface area contributed by atoms with E-state index in [0.29, 0.717) is 16.4 Å². The van der Waals surface area contributed by atoms with Gasteiger partial charge in [0.05, 0.1) is 4.90 Å². The molecule has 22 heavy (non-hydrogen) atoms. The first-order valence-corrected chi connectivity index (χ1v) is 8.83. The molecule has 0 saturated heterocycles. The van der Waals surface area contributed by atoms with Crippen molar-refractivity contribution in [2.24, 2.45) is 11.3 Å². The summed E-state index contributed by atoms with van der Waals surface area (Å²) < 4.78 is 26.8. The van der Waals surface area contributed by atoms with E-state index in [0.717, 1.165) is 12.8 Å². The van der Waals surface area contributed by atoms with Crippen molar-refractivity contribution < 1.29 is 13.2 Å². The van der Waals surface area contributed by atoms with Crippen LogP contribution in [0.15, 0.2) is 23.1 Å². The monoisotopic (exact) mass is 320 g/mol. The van der Waals surface area contributed by atoms with Gasteiger partial charge in [0, 0.05) is 5.92 Å². The third kappa shape index (κ3) is 2.09. The summed E-state index contributed by atoms with van der Waals surface area (Å²) in [5, 5.41) is 10.2. The molecule has 1 aromatic heterocycles. The first kappa shape index (κ1) is 13.7. The van der Waals surface area contributed by atoms with E-state index in [1.165, 1.54) is 31.4 Å². The highest BCUT2D eigenvalue weighted by atomic mass is 32.2. The third-order valence-corrected chi connectivity index (χ3v) is 6.32. The van der Waals surface area contributed by atoms with Crippen LogP contribution in [0.2, 0.25) is 0 Å². The van der Waals surface area contributed by atoms with E-state index < -0.39 is 15.9 Å². The highest BCUT2D eigenvalue weighted by Gasteiger charge is 2.51. The molecule has 0 aliphatic heterocycles. The first-order chi connectivity index (χ1) is 10.5. The quantitative estimate of drug-likeness (QED) is 0.888. The topological polar surface area (TPSA) is 105 Å².